The smallest absolute Gasteiger partial charge is 0.255 e. The van der Waals surface area contributed by atoms with Crippen LogP contribution in [-0.4, -0.2) is 15.9 Å². The first-order valence-electron chi connectivity index (χ1n) is 8.98. The molecule has 0 radical (unpaired) electrons. The van der Waals surface area contributed by atoms with Crippen molar-refractivity contribution in [3.63, 3.8) is 0 Å². The van der Waals surface area contributed by atoms with Gasteiger partial charge in [0.2, 0.25) is 0 Å². The number of carbonyl (C=O) groups excluding carboxylic acids is 1. The second kappa shape index (κ2) is 8.31. The zero-order valence-corrected chi connectivity index (χ0v) is 15.3. The van der Waals surface area contributed by atoms with Crippen molar-refractivity contribution in [3.8, 4) is 11.3 Å². The number of rotatable bonds is 5. The molecule has 3 aromatic carbocycles. The lowest BCUT2D eigenvalue weighted by Crippen LogP contribution is -2.12. The largest absolute Gasteiger partial charge is 0.356 e. The van der Waals surface area contributed by atoms with Crippen LogP contribution in [0.3, 0.4) is 0 Å². The Morgan fingerprint density at radius 2 is 1.62 bits per heavy atom. The van der Waals surface area contributed by atoms with E-state index in [-0.39, 0.29) is 5.91 Å². The Kier molecular flexibility index (Phi) is 5.25. The van der Waals surface area contributed by atoms with Crippen molar-refractivity contribution in [1.82, 2.24) is 9.97 Å². The molecule has 142 valence electrons. The molecule has 29 heavy (non-hydrogen) atoms. The number of halogens is 1. The fraction of sp³-hybridized carbons (Fsp3) is 0. The van der Waals surface area contributed by atoms with E-state index in [9.17, 15) is 9.18 Å². The van der Waals surface area contributed by atoms with Crippen molar-refractivity contribution in [2.45, 2.75) is 0 Å². The molecule has 4 rings (SSSR count). The molecule has 4 aromatic rings. The van der Waals surface area contributed by atoms with Crippen molar-refractivity contribution >= 4 is 23.0 Å². The summed E-state index contributed by atoms with van der Waals surface area (Å²) in [4.78, 5) is 20.8. The Labute approximate surface area is 167 Å². The normalized spacial score (nSPS) is 10.4. The van der Waals surface area contributed by atoms with Crippen LogP contribution >= 0.6 is 0 Å². The van der Waals surface area contributed by atoms with E-state index >= 15 is 0 Å². The summed E-state index contributed by atoms with van der Waals surface area (Å²) in [6.07, 6.45) is 5.00. The van der Waals surface area contributed by atoms with E-state index in [4.69, 9.17) is 0 Å². The molecule has 6 heteroatoms. The van der Waals surface area contributed by atoms with E-state index in [0.717, 1.165) is 22.6 Å². The van der Waals surface area contributed by atoms with E-state index in [2.05, 4.69) is 20.6 Å². The van der Waals surface area contributed by atoms with Crippen LogP contribution in [0.2, 0.25) is 0 Å². The molecule has 1 aromatic heterocycles. The van der Waals surface area contributed by atoms with Gasteiger partial charge in [-0.2, -0.15) is 0 Å². The number of nitrogens with zero attached hydrogens (tertiary/aromatic N) is 2. The highest BCUT2D eigenvalue weighted by Gasteiger charge is 2.08. The summed E-state index contributed by atoms with van der Waals surface area (Å²) in [5, 5.41) is 5.97. The van der Waals surface area contributed by atoms with Gasteiger partial charge in [-0.25, -0.2) is 4.39 Å². The zero-order chi connectivity index (χ0) is 20.1. The number of benzene rings is 3. The second-order valence-electron chi connectivity index (χ2n) is 6.34. The quantitative estimate of drug-likeness (QED) is 0.491. The predicted octanol–water partition coefficient (Wildman–Crippen LogP) is 5.28. The Morgan fingerprint density at radius 3 is 2.38 bits per heavy atom. The van der Waals surface area contributed by atoms with E-state index < -0.39 is 5.82 Å². The van der Waals surface area contributed by atoms with Gasteiger partial charge in [0.25, 0.3) is 5.91 Å². The van der Waals surface area contributed by atoms with Gasteiger partial charge in [0.15, 0.2) is 0 Å². The zero-order valence-electron chi connectivity index (χ0n) is 15.3. The maximum Gasteiger partial charge on any atom is 0.255 e. The lowest BCUT2D eigenvalue weighted by molar-refractivity contribution is 0.102. The molecule has 0 atom stereocenters. The van der Waals surface area contributed by atoms with Crippen LogP contribution in [0.25, 0.3) is 11.3 Å². The third-order valence-corrected chi connectivity index (χ3v) is 4.24. The number of hydrogen-bond donors (Lipinski definition) is 2. The molecule has 0 saturated carbocycles. The molecule has 0 bridgehead atoms. The third-order valence-electron chi connectivity index (χ3n) is 4.24. The average molecular weight is 384 g/mol. The summed E-state index contributed by atoms with van der Waals surface area (Å²) in [7, 11) is 0. The van der Waals surface area contributed by atoms with Gasteiger partial charge in [-0.1, -0.05) is 24.3 Å². The van der Waals surface area contributed by atoms with Crippen molar-refractivity contribution < 1.29 is 9.18 Å². The number of carbonyl (C=O) groups is 1. The highest BCUT2D eigenvalue weighted by molar-refractivity contribution is 6.04. The maximum absolute atomic E-state index is 13.3. The van der Waals surface area contributed by atoms with Crippen LogP contribution in [0.1, 0.15) is 10.4 Å². The van der Waals surface area contributed by atoms with E-state index in [1.165, 1.54) is 12.1 Å². The molecule has 0 aliphatic rings. The summed E-state index contributed by atoms with van der Waals surface area (Å²) < 4.78 is 13.3. The predicted molar refractivity (Wildman–Crippen MR) is 112 cm³/mol. The monoisotopic (exact) mass is 384 g/mol. The first-order valence-corrected chi connectivity index (χ1v) is 8.98. The summed E-state index contributed by atoms with van der Waals surface area (Å²) in [6.45, 7) is 0. The minimum absolute atomic E-state index is 0.308. The Bertz CT molecular complexity index is 1130. The van der Waals surface area contributed by atoms with Gasteiger partial charge >= 0.3 is 0 Å². The molecular weight excluding hydrogens is 367 g/mol. The van der Waals surface area contributed by atoms with Crippen molar-refractivity contribution in [1.29, 1.82) is 0 Å². The highest BCUT2D eigenvalue weighted by atomic mass is 19.1. The molecule has 0 fully saturated rings. The Balaban J connectivity index is 1.47. The first-order chi connectivity index (χ1) is 14.2. The van der Waals surface area contributed by atoms with Gasteiger partial charge in [-0.15, -0.1) is 0 Å². The van der Waals surface area contributed by atoms with Crippen LogP contribution in [-0.2, 0) is 0 Å². The minimum Gasteiger partial charge on any atom is -0.356 e. The number of amides is 1. The lowest BCUT2D eigenvalue weighted by Gasteiger charge is -2.10. The minimum atomic E-state index is -0.400. The van der Waals surface area contributed by atoms with Crippen LogP contribution in [0.15, 0.2) is 91.4 Å². The van der Waals surface area contributed by atoms with Crippen LogP contribution in [0.4, 0.5) is 21.5 Å². The van der Waals surface area contributed by atoms with Gasteiger partial charge in [-0.3, -0.25) is 14.8 Å². The number of anilines is 3. The molecule has 0 aliphatic carbocycles. The third kappa shape index (κ3) is 4.62. The van der Waals surface area contributed by atoms with Crippen molar-refractivity contribution in [3.05, 3.63) is 103 Å². The van der Waals surface area contributed by atoms with Crippen molar-refractivity contribution in [2.24, 2.45) is 0 Å². The van der Waals surface area contributed by atoms with Crippen LogP contribution < -0.4 is 10.6 Å². The molecule has 0 spiro atoms. The van der Waals surface area contributed by atoms with E-state index in [1.807, 2.05) is 30.3 Å². The van der Waals surface area contributed by atoms with Crippen LogP contribution in [0.5, 0.6) is 0 Å². The highest BCUT2D eigenvalue weighted by Crippen LogP contribution is 2.22. The first kappa shape index (κ1) is 18.3. The topological polar surface area (TPSA) is 66.9 Å². The van der Waals surface area contributed by atoms with Gasteiger partial charge in [-0.05, 0) is 48.5 Å². The van der Waals surface area contributed by atoms with Crippen molar-refractivity contribution in [2.75, 3.05) is 10.6 Å². The molecule has 0 aliphatic heterocycles. The maximum atomic E-state index is 13.3. The second-order valence-corrected chi connectivity index (χ2v) is 6.34. The summed E-state index contributed by atoms with van der Waals surface area (Å²) >= 11 is 0. The summed E-state index contributed by atoms with van der Waals surface area (Å²) in [5.74, 6) is -0.708. The Morgan fingerprint density at radius 1 is 0.828 bits per heavy atom. The molecule has 5 nitrogen and oxygen atoms in total. The molecular formula is C23H17FN4O. The lowest BCUT2D eigenvalue weighted by atomic mass is 10.1. The van der Waals surface area contributed by atoms with Gasteiger partial charge in [0.05, 0.1) is 11.9 Å². The van der Waals surface area contributed by atoms with Crippen LogP contribution in [0, 0.1) is 5.82 Å². The molecule has 1 heterocycles. The van der Waals surface area contributed by atoms with Gasteiger partial charge in [0, 0.05) is 40.6 Å². The number of nitrogens with one attached hydrogen (secondary N) is 2. The molecule has 0 unspecified atom stereocenters. The van der Waals surface area contributed by atoms with Gasteiger partial charge in [0.1, 0.15) is 5.82 Å². The summed E-state index contributed by atoms with van der Waals surface area (Å²) in [5.41, 5.74) is 4.29. The molecule has 1 amide bonds. The standard InChI is InChI=1S/C23H17FN4O/c24-18-4-2-6-21(14-18)28-23(29)17-3-1-5-20(13-17)27-19-9-7-16(8-10-19)22-15-25-11-12-26-22/h1-15,27H,(H,28,29). The molecule has 2 N–H and O–H groups in total. The summed E-state index contributed by atoms with van der Waals surface area (Å²) in [6, 6.07) is 20.7. The van der Waals surface area contributed by atoms with E-state index in [0.29, 0.717) is 11.3 Å². The van der Waals surface area contributed by atoms with E-state index in [1.54, 1.807) is 48.9 Å². The SMILES string of the molecule is O=C(Nc1cccc(F)c1)c1cccc(Nc2ccc(-c3cnccn3)cc2)c1. The van der Waals surface area contributed by atoms with Gasteiger partial charge < -0.3 is 10.6 Å². The number of aromatic nitrogens is 2. The fourth-order valence-electron chi connectivity index (χ4n) is 2.85. The average Bonchev–Trinajstić information content (AvgIpc) is 2.75. The molecule has 0 saturated heterocycles. The Hall–Kier alpha value is -4.06. The number of hydrogen-bond acceptors (Lipinski definition) is 4. The fourth-order valence-corrected chi connectivity index (χ4v) is 2.85.